The Hall–Kier alpha value is -2.37. The van der Waals surface area contributed by atoms with Crippen molar-refractivity contribution in [2.75, 3.05) is 11.8 Å². The van der Waals surface area contributed by atoms with Crippen molar-refractivity contribution in [3.63, 3.8) is 0 Å². The number of anilines is 1. The molecule has 0 radical (unpaired) electrons. The van der Waals surface area contributed by atoms with E-state index in [1.54, 1.807) is 0 Å². The van der Waals surface area contributed by atoms with Crippen LogP contribution in [0.4, 0.5) is 24.5 Å². The van der Waals surface area contributed by atoms with E-state index < -0.39 is 43.4 Å². The molecule has 0 aliphatic carbocycles. The molecule has 0 aromatic heterocycles. The number of nitro groups is 1. The summed E-state index contributed by atoms with van der Waals surface area (Å²) in [5.41, 5.74) is -7.74. The summed E-state index contributed by atoms with van der Waals surface area (Å²) in [6, 6.07) is 1.99. The molecule has 116 valence electrons. The topological polar surface area (TPSA) is 116 Å². The van der Waals surface area contributed by atoms with Crippen molar-refractivity contribution in [1.82, 2.24) is 0 Å². The predicted molar refractivity (Wildman–Crippen MR) is 63.0 cm³/mol. The Morgan fingerprint density at radius 2 is 1.95 bits per heavy atom. The van der Waals surface area contributed by atoms with Crippen LogP contribution in [0.15, 0.2) is 18.2 Å². The highest BCUT2D eigenvalue weighted by Gasteiger charge is 2.46. The molecule has 0 bridgehead atoms. The molecule has 12 heteroatoms. The summed E-state index contributed by atoms with van der Waals surface area (Å²) in [5.74, 6) is -1.24. The van der Waals surface area contributed by atoms with Crippen LogP contribution in [0.5, 0.6) is 0 Å². The van der Waals surface area contributed by atoms with E-state index >= 15 is 0 Å². The van der Waals surface area contributed by atoms with Gasteiger partial charge >= 0.3 is 21.5 Å². The van der Waals surface area contributed by atoms with Crippen molar-refractivity contribution in [3.05, 3.63) is 33.9 Å². The first-order valence-electron chi connectivity index (χ1n) is 4.95. The highest BCUT2D eigenvalue weighted by atomic mass is 32.2. The summed E-state index contributed by atoms with van der Waals surface area (Å²) in [6.07, 6.45) is 0. The largest absolute Gasteiger partial charge is 0.516 e. The third kappa shape index (κ3) is 3.59. The van der Waals surface area contributed by atoms with Gasteiger partial charge in [-0.2, -0.15) is 21.6 Å². The van der Waals surface area contributed by atoms with Crippen molar-refractivity contribution in [2.24, 2.45) is 0 Å². The fourth-order valence-electron chi connectivity index (χ4n) is 1.22. The van der Waals surface area contributed by atoms with Gasteiger partial charge in [0.05, 0.1) is 23.3 Å². The fourth-order valence-corrected chi connectivity index (χ4v) is 1.80. The Bertz CT molecular complexity index is 685. The van der Waals surface area contributed by atoms with Gasteiger partial charge in [0.1, 0.15) is 0 Å². The molecule has 8 nitrogen and oxygen atoms in total. The normalized spacial score (nSPS) is 11.8. The van der Waals surface area contributed by atoms with Crippen molar-refractivity contribution in [1.29, 1.82) is 0 Å². The molecule has 1 N–H and O–H groups in total. The number of nitrogens with zero attached hydrogens (tertiary/aromatic N) is 1. The molecule has 0 saturated carbocycles. The zero-order chi connectivity index (χ0) is 16.4. The molecule has 0 saturated heterocycles. The average Bonchev–Trinajstić information content (AvgIpc) is 2.36. The van der Waals surface area contributed by atoms with E-state index in [4.69, 9.17) is 0 Å². The smallest absolute Gasteiger partial charge is 0.465 e. The highest BCUT2D eigenvalue weighted by molar-refractivity contribution is 7.93. The lowest BCUT2D eigenvalue weighted by molar-refractivity contribution is -0.384. The number of methoxy groups -OCH3 is 1. The maximum atomic E-state index is 12.3. The van der Waals surface area contributed by atoms with E-state index in [1.807, 2.05) is 0 Å². The van der Waals surface area contributed by atoms with Crippen molar-refractivity contribution >= 4 is 27.4 Å². The first kappa shape index (κ1) is 16.7. The zero-order valence-corrected chi connectivity index (χ0v) is 11.0. The second kappa shape index (κ2) is 5.55. The number of benzene rings is 1. The Morgan fingerprint density at radius 3 is 2.38 bits per heavy atom. The molecule has 1 rings (SSSR count). The summed E-state index contributed by atoms with van der Waals surface area (Å²) in [5, 5.41) is 10.6. The molecular weight excluding hydrogens is 321 g/mol. The van der Waals surface area contributed by atoms with E-state index in [-0.39, 0.29) is 0 Å². The van der Waals surface area contributed by atoms with Crippen LogP contribution < -0.4 is 4.72 Å². The van der Waals surface area contributed by atoms with Gasteiger partial charge in [0.25, 0.3) is 5.69 Å². The van der Waals surface area contributed by atoms with Crippen LogP contribution in [0, 0.1) is 10.1 Å². The zero-order valence-electron chi connectivity index (χ0n) is 10.2. The molecule has 0 aliphatic rings. The molecule has 21 heavy (non-hydrogen) atoms. The van der Waals surface area contributed by atoms with Crippen molar-refractivity contribution < 1.29 is 36.0 Å². The maximum absolute atomic E-state index is 12.3. The van der Waals surface area contributed by atoms with Gasteiger partial charge in [-0.3, -0.25) is 14.8 Å². The Morgan fingerprint density at radius 1 is 1.38 bits per heavy atom. The molecule has 1 aromatic rings. The molecule has 0 fully saturated rings. The van der Waals surface area contributed by atoms with Crippen LogP contribution in [0.2, 0.25) is 0 Å². The Balaban J connectivity index is 3.37. The summed E-state index contributed by atoms with van der Waals surface area (Å²) >= 11 is 0. The summed E-state index contributed by atoms with van der Waals surface area (Å²) in [6.45, 7) is 0. The van der Waals surface area contributed by atoms with Gasteiger partial charge in [-0.05, 0) is 6.07 Å². The molecule has 0 spiro atoms. The third-order valence-electron chi connectivity index (χ3n) is 2.17. The van der Waals surface area contributed by atoms with Crippen LogP contribution in [0.3, 0.4) is 0 Å². The first-order valence-corrected chi connectivity index (χ1v) is 6.43. The number of carbonyl (C=O) groups is 1. The molecule has 1 aromatic carbocycles. The number of esters is 1. The van der Waals surface area contributed by atoms with Gasteiger partial charge in [-0.15, -0.1) is 0 Å². The number of non-ortho nitro benzene ring substituents is 1. The van der Waals surface area contributed by atoms with E-state index in [2.05, 4.69) is 4.74 Å². The number of carbonyl (C=O) groups excluding carboxylic acids is 1. The summed E-state index contributed by atoms with van der Waals surface area (Å²) < 4.78 is 64.1. The summed E-state index contributed by atoms with van der Waals surface area (Å²) in [7, 11) is -4.90. The van der Waals surface area contributed by atoms with Crippen LogP contribution in [-0.4, -0.2) is 31.9 Å². The second-order valence-electron chi connectivity index (χ2n) is 3.53. The number of nitro benzene ring substituents is 1. The summed E-state index contributed by atoms with van der Waals surface area (Å²) in [4.78, 5) is 21.0. The molecule has 0 heterocycles. The van der Waals surface area contributed by atoms with Gasteiger partial charge in [0, 0.05) is 12.1 Å². The first-order chi connectivity index (χ1) is 9.49. The quantitative estimate of drug-likeness (QED) is 0.510. The lowest BCUT2D eigenvalue weighted by atomic mass is 10.1. The van der Waals surface area contributed by atoms with Crippen LogP contribution >= 0.6 is 0 Å². The SMILES string of the molecule is COC(=O)c1cc([N+](=O)[O-])ccc1NS(=O)(=O)C(F)(F)F. The minimum absolute atomic E-state index is 0.597. The lowest BCUT2D eigenvalue weighted by Gasteiger charge is -2.13. The van der Waals surface area contributed by atoms with E-state index in [0.717, 1.165) is 17.9 Å². The lowest BCUT2D eigenvalue weighted by Crippen LogP contribution is -2.30. The maximum Gasteiger partial charge on any atom is 0.516 e. The van der Waals surface area contributed by atoms with Crippen molar-refractivity contribution in [2.45, 2.75) is 5.51 Å². The van der Waals surface area contributed by atoms with Gasteiger partial charge in [0.15, 0.2) is 0 Å². The van der Waals surface area contributed by atoms with Crippen LogP contribution in [0.1, 0.15) is 10.4 Å². The van der Waals surface area contributed by atoms with E-state index in [1.165, 1.54) is 0 Å². The number of alkyl halides is 3. The second-order valence-corrected chi connectivity index (χ2v) is 5.20. The number of rotatable bonds is 4. The fraction of sp³-hybridized carbons (Fsp3) is 0.222. The predicted octanol–water partition coefficient (Wildman–Crippen LogP) is 1.64. The molecule has 0 unspecified atom stereocenters. The number of sulfonamides is 1. The van der Waals surface area contributed by atoms with Gasteiger partial charge in [-0.25, -0.2) is 4.79 Å². The molecule has 0 amide bonds. The molecular formula is C9H7F3N2O6S. The minimum atomic E-state index is -5.78. The number of hydrogen-bond donors (Lipinski definition) is 1. The average molecular weight is 328 g/mol. The number of nitrogens with one attached hydrogen (secondary N) is 1. The monoisotopic (exact) mass is 328 g/mol. The third-order valence-corrected chi connectivity index (χ3v) is 3.27. The Kier molecular flexibility index (Phi) is 4.41. The molecule has 0 atom stereocenters. The van der Waals surface area contributed by atoms with Gasteiger partial charge < -0.3 is 4.74 Å². The number of halogens is 3. The molecule has 0 aliphatic heterocycles. The van der Waals surface area contributed by atoms with Crippen LogP contribution in [0.25, 0.3) is 0 Å². The van der Waals surface area contributed by atoms with Crippen LogP contribution in [-0.2, 0) is 14.8 Å². The standard InChI is InChI=1S/C9H7F3N2O6S/c1-20-8(15)6-4-5(14(16)17)2-3-7(6)13-21(18,19)9(10,11)12/h2-4,13H,1H3. The van der Waals surface area contributed by atoms with E-state index in [9.17, 15) is 36.5 Å². The Labute approximate surface area is 115 Å². The number of ether oxygens (including phenoxy) is 1. The van der Waals surface area contributed by atoms with E-state index in [0.29, 0.717) is 12.1 Å². The minimum Gasteiger partial charge on any atom is -0.465 e. The van der Waals surface area contributed by atoms with Gasteiger partial charge in [0.2, 0.25) is 0 Å². The number of hydrogen-bond acceptors (Lipinski definition) is 6. The highest BCUT2D eigenvalue weighted by Crippen LogP contribution is 2.29. The van der Waals surface area contributed by atoms with Gasteiger partial charge in [-0.1, -0.05) is 0 Å². The van der Waals surface area contributed by atoms with Crippen molar-refractivity contribution in [3.8, 4) is 0 Å².